The Hall–Kier alpha value is -1.43. The van der Waals surface area contributed by atoms with Crippen LogP contribution in [0.15, 0.2) is 4.52 Å². The molecule has 0 fully saturated rings. The van der Waals surface area contributed by atoms with Gasteiger partial charge in [-0.15, -0.1) is 0 Å². The summed E-state index contributed by atoms with van der Waals surface area (Å²) in [5.41, 5.74) is 5.47. The number of carbonyl (C=O) groups excluding carboxylic acids is 1. The summed E-state index contributed by atoms with van der Waals surface area (Å²) in [6.45, 7) is 4.04. The molecule has 1 aromatic heterocycles. The monoisotopic (exact) mass is 184 g/mol. The van der Waals surface area contributed by atoms with Crippen molar-refractivity contribution < 1.29 is 9.32 Å². The molecule has 13 heavy (non-hydrogen) atoms. The lowest BCUT2D eigenvalue weighted by molar-refractivity contribution is 0.0942. The van der Waals surface area contributed by atoms with Crippen LogP contribution in [-0.4, -0.2) is 22.6 Å². The largest absolute Gasteiger partial charge is 0.349 e. The summed E-state index contributed by atoms with van der Waals surface area (Å²) >= 11 is 0. The molecule has 1 heterocycles. The van der Waals surface area contributed by atoms with E-state index in [1.807, 2.05) is 6.92 Å². The third kappa shape index (κ3) is 2.25. The fourth-order valence-electron chi connectivity index (χ4n) is 0.752. The van der Waals surface area contributed by atoms with E-state index in [-0.39, 0.29) is 23.7 Å². The molecule has 0 unspecified atom stereocenters. The highest BCUT2D eigenvalue weighted by molar-refractivity contribution is 5.90. The van der Waals surface area contributed by atoms with Crippen LogP contribution in [0.2, 0.25) is 0 Å². The Bertz CT molecular complexity index is 294. The topological polar surface area (TPSA) is 94.0 Å². The molecule has 1 aromatic rings. The molecule has 3 N–H and O–H groups in total. The molecule has 1 atom stereocenters. The number of nitrogens with one attached hydrogen (secondary N) is 1. The highest BCUT2D eigenvalue weighted by Crippen LogP contribution is 2.05. The number of rotatable bonds is 3. The van der Waals surface area contributed by atoms with Crippen molar-refractivity contribution in [1.29, 1.82) is 0 Å². The first kappa shape index (κ1) is 9.66. The van der Waals surface area contributed by atoms with E-state index < -0.39 is 0 Å². The fraction of sp³-hybridized carbons (Fsp3) is 0.571. The second-order valence-corrected chi connectivity index (χ2v) is 2.60. The van der Waals surface area contributed by atoms with Gasteiger partial charge in [-0.1, -0.05) is 5.16 Å². The molecular weight excluding hydrogens is 172 g/mol. The Kier molecular flexibility index (Phi) is 2.97. The highest BCUT2D eigenvalue weighted by atomic mass is 16.5. The molecule has 0 bridgehead atoms. The number of hydrogen-bond donors (Lipinski definition) is 2. The number of nitrogens with zero attached hydrogens (tertiary/aromatic N) is 2. The first-order chi connectivity index (χ1) is 6.15. The minimum Gasteiger partial charge on any atom is -0.349 e. The van der Waals surface area contributed by atoms with Gasteiger partial charge in [0, 0.05) is 6.54 Å². The third-order valence-electron chi connectivity index (χ3n) is 1.37. The fourth-order valence-corrected chi connectivity index (χ4v) is 0.752. The van der Waals surface area contributed by atoms with Crippen LogP contribution < -0.4 is 11.1 Å². The molecule has 0 aliphatic rings. The van der Waals surface area contributed by atoms with Gasteiger partial charge in [0.25, 0.3) is 11.7 Å². The zero-order chi connectivity index (χ0) is 9.84. The van der Waals surface area contributed by atoms with Crippen LogP contribution >= 0.6 is 0 Å². The van der Waals surface area contributed by atoms with Gasteiger partial charge < -0.3 is 15.6 Å². The average molecular weight is 184 g/mol. The minimum atomic E-state index is -0.351. The summed E-state index contributed by atoms with van der Waals surface area (Å²) in [5.74, 6) is -0.0615. The highest BCUT2D eigenvalue weighted by Gasteiger charge is 2.15. The first-order valence-electron chi connectivity index (χ1n) is 4.02. The average Bonchev–Trinajstić information content (AvgIpc) is 2.52. The van der Waals surface area contributed by atoms with Gasteiger partial charge in [0.1, 0.15) is 0 Å². The summed E-state index contributed by atoms with van der Waals surface area (Å²) in [6.07, 6.45) is 0. The van der Waals surface area contributed by atoms with E-state index in [9.17, 15) is 4.79 Å². The van der Waals surface area contributed by atoms with Gasteiger partial charge in [-0.25, -0.2) is 0 Å². The van der Waals surface area contributed by atoms with E-state index in [0.29, 0.717) is 6.54 Å². The maximum Gasteiger partial charge on any atom is 0.292 e. The van der Waals surface area contributed by atoms with Crippen molar-refractivity contribution in [1.82, 2.24) is 15.5 Å². The van der Waals surface area contributed by atoms with Crippen LogP contribution in [0, 0.1) is 0 Å². The molecule has 6 heteroatoms. The molecule has 0 aliphatic heterocycles. The molecular formula is C7H12N4O2. The molecule has 6 nitrogen and oxygen atoms in total. The van der Waals surface area contributed by atoms with Gasteiger partial charge in [0.15, 0.2) is 0 Å². The van der Waals surface area contributed by atoms with Crippen LogP contribution in [-0.2, 0) is 0 Å². The van der Waals surface area contributed by atoms with Crippen molar-refractivity contribution in [3.8, 4) is 0 Å². The summed E-state index contributed by atoms with van der Waals surface area (Å²) in [4.78, 5) is 15.0. The van der Waals surface area contributed by atoms with Gasteiger partial charge >= 0.3 is 0 Å². The molecule has 0 radical (unpaired) electrons. The van der Waals surface area contributed by atoms with Crippen LogP contribution in [0.3, 0.4) is 0 Å². The number of amides is 1. The Balaban J connectivity index is 2.73. The Morgan fingerprint density at radius 3 is 2.92 bits per heavy atom. The molecule has 0 aliphatic carbocycles. The standard InChI is InChI=1S/C7H12N4O2/c1-3-9-6(12)5-10-7(4(2)8)13-11-5/h4H,3,8H2,1-2H3,(H,9,12)/t4-/m1/s1. The smallest absolute Gasteiger partial charge is 0.292 e. The van der Waals surface area contributed by atoms with E-state index in [2.05, 4.69) is 15.5 Å². The first-order valence-corrected chi connectivity index (χ1v) is 4.02. The SMILES string of the molecule is CCNC(=O)c1noc([C@@H](C)N)n1. The van der Waals surface area contributed by atoms with E-state index in [4.69, 9.17) is 10.3 Å². The van der Waals surface area contributed by atoms with Gasteiger partial charge in [0.2, 0.25) is 5.89 Å². The van der Waals surface area contributed by atoms with Gasteiger partial charge in [-0.3, -0.25) is 4.79 Å². The summed E-state index contributed by atoms with van der Waals surface area (Å²) in [6, 6.07) is -0.351. The van der Waals surface area contributed by atoms with Crippen LogP contribution in [0.1, 0.15) is 36.4 Å². The van der Waals surface area contributed by atoms with Gasteiger partial charge in [-0.2, -0.15) is 4.98 Å². The number of hydrogen-bond acceptors (Lipinski definition) is 5. The predicted octanol–water partition coefficient (Wildman–Crippen LogP) is -0.161. The summed E-state index contributed by atoms with van der Waals surface area (Å²) in [5, 5.41) is 6.03. The van der Waals surface area contributed by atoms with Crippen molar-refractivity contribution in [2.75, 3.05) is 6.54 Å². The zero-order valence-corrected chi connectivity index (χ0v) is 7.57. The lowest BCUT2D eigenvalue weighted by atomic mass is 10.4. The lowest BCUT2D eigenvalue weighted by Crippen LogP contribution is -2.23. The van der Waals surface area contributed by atoms with Crippen LogP contribution in [0.5, 0.6) is 0 Å². The molecule has 0 spiro atoms. The summed E-state index contributed by atoms with van der Waals surface area (Å²) in [7, 11) is 0. The van der Waals surface area contributed by atoms with Gasteiger partial charge in [-0.05, 0) is 13.8 Å². The molecule has 0 aromatic carbocycles. The molecule has 0 saturated carbocycles. The summed E-state index contributed by atoms with van der Waals surface area (Å²) < 4.78 is 4.75. The number of aromatic nitrogens is 2. The maximum absolute atomic E-state index is 11.1. The Labute approximate surface area is 75.5 Å². The molecule has 72 valence electrons. The quantitative estimate of drug-likeness (QED) is 0.680. The van der Waals surface area contributed by atoms with E-state index >= 15 is 0 Å². The van der Waals surface area contributed by atoms with Crippen molar-refractivity contribution in [2.45, 2.75) is 19.9 Å². The van der Waals surface area contributed by atoms with Crippen molar-refractivity contribution in [3.63, 3.8) is 0 Å². The Morgan fingerprint density at radius 2 is 2.46 bits per heavy atom. The molecule has 1 amide bonds. The number of nitrogens with two attached hydrogens (primary N) is 1. The van der Waals surface area contributed by atoms with E-state index in [0.717, 1.165) is 0 Å². The normalized spacial score (nSPS) is 12.5. The second kappa shape index (κ2) is 3.99. The van der Waals surface area contributed by atoms with Gasteiger partial charge in [0.05, 0.1) is 6.04 Å². The predicted molar refractivity (Wildman–Crippen MR) is 44.9 cm³/mol. The zero-order valence-electron chi connectivity index (χ0n) is 7.57. The van der Waals surface area contributed by atoms with E-state index in [1.54, 1.807) is 6.92 Å². The minimum absolute atomic E-state index is 0.0224. The van der Waals surface area contributed by atoms with Crippen molar-refractivity contribution >= 4 is 5.91 Å². The van der Waals surface area contributed by atoms with Crippen molar-refractivity contribution in [2.24, 2.45) is 5.73 Å². The van der Waals surface area contributed by atoms with Crippen LogP contribution in [0.25, 0.3) is 0 Å². The van der Waals surface area contributed by atoms with Crippen molar-refractivity contribution in [3.05, 3.63) is 11.7 Å². The number of carbonyl (C=O) groups is 1. The molecule has 0 saturated heterocycles. The molecule has 1 rings (SSSR count). The van der Waals surface area contributed by atoms with Crippen LogP contribution in [0.4, 0.5) is 0 Å². The second-order valence-electron chi connectivity index (χ2n) is 2.60. The lowest BCUT2D eigenvalue weighted by Gasteiger charge is -1.94. The Morgan fingerprint density at radius 1 is 1.77 bits per heavy atom. The maximum atomic E-state index is 11.1. The third-order valence-corrected chi connectivity index (χ3v) is 1.37. The van der Waals surface area contributed by atoms with E-state index in [1.165, 1.54) is 0 Å².